The summed E-state index contributed by atoms with van der Waals surface area (Å²) in [7, 11) is -2.09. The van der Waals surface area contributed by atoms with Crippen LogP contribution in [0.25, 0.3) is 0 Å². The average molecular weight is 394 g/mol. The van der Waals surface area contributed by atoms with E-state index in [0.29, 0.717) is 19.4 Å². The molecule has 1 aromatic carbocycles. The Bertz CT molecular complexity index is 720. The Balaban J connectivity index is 1.99. The summed E-state index contributed by atoms with van der Waals surface area (Å²) in [6.45, 7) is 0.468. The van der Waals surface area contributed by atoms with Crippen LogP contribution in [0, 0.1) is 5.92 Å². The van der Waals surface area contributed by atoms with Crippen LogP contribution in [-0.2, 0) is 25.7 Å². The highest BCUT2D eigenvalue weighted by Crippen LogP contribution is 2.30. The van der Waals surface area contributed by atoms with Gasteiger partial charge in [0.15, 0.2) is 0 Å². The third-order valence-corrected chi connectivity index (χ3v) is 5.97. The number of anilines is 1. The molecule has 1 saturated heterocycles. The van der Waals surface area contributed by atoms with Gasteiger partial charge in [0.05, 0.1) is 23.8 Å². The number of carbonyl (C=O) groups is 1. The fraction of sp³-hybridized carbons (Fsp3) is 0.562. The number of nitrogens with zero attached hydrogens (tertiary/aromatic N) is 1. The van der Waals surface area contributed by atoms with Crippen LogP contribution in [0.15, 0.2) is 24.3 Å². The van der Waals surface area contributed by atoms with E-state index in [-0.39, 0.29) is 24.6 Å². The Hall–Kier alpha value is -1.65. The summed E-state index contributed by atoms with van der Waals surface area (Å²) in [6.07, 6.45) is -3.39. The molecule has 1 unspecified atom stereocenters. The van der Waals surface area contributed by atoms with Gasteiger partial charge >= 0.3 is 6.18 Å². The van der Waals surface area contributed by atoms with E-state index in [1.807, 2.05) is 0 Å². The minimum absolute atomic E-state index is 0.0541. The predicted molar refractivity (Wildman–Crippen MR) is 90.0 cm³/mol. The van der Waals surface area contributed by atoms with Crippen LogP contribution < -0.4 is 5.32 Å². The maximum Gasteiger partial charge on any atom is 0.416 e. The molecule has 1 aromatic rings. The minimum Gasteiger partial charge on any atom is -0.384 e. The Morgan fingerprint density at radius 1 is 1.31 bits per heavy atom. The number of carbonyl (C=O) groups excluding carboxylic acids is 1. The van der Waals surface area contributed by atoms with Crippen molar-refractivity contribution in [3.63, 3.8) is 0 Å². The highest BCUT2D eigenvalue weighted by atomic mass is 32.2. The van der Waals surface area contributed by atoms with Crippen LogP contribution in [0.5, 0.6) is 0 Å². The van der Waals surface area contributed by atoms with Gasteiger partial charge in [0.1, 0.15) is 0 Å². The second-order valence-electron chi connectivity index (χ2n) is 6.07. The van der Waals surface area contributed by atoms with E-state index in [2.05, 4.69) is 5.32 Å². The van der Waals surface area contributed by atoms with Gasteiger partial charge in [0.2, 0.25) is 15.9 Å². The first kappa shape index (κ1) is 20.7. The summed E-state index contributed by atoms with van der Waals surface area (Å²) >= 11 is 0. The van der Waals surface area contributed by atoms with Crippen LogP contribution in [0.2, 0.25) is 0 Å². The zero-order valence-corrected chi connectivity index (χ0v) is 15.1. The van der Waals surface area contributed by atoms with Crippen molar-refractivity contribution in [2.45, 2.75) is 19.0 Å². The van der Waals surface area contributed by atoms with Crippen LogP contribution in [0.4, 0.5) is 18.9 Å². The maximum absolute atomic E-state index is 12.6. The molecule has 26 heavy (non-hydrogen) atoms. The van der Waals surface area contributed by atoms with Crippen molar-refractivity contribution in [3.05, 3.63) is 29.8 Å². The summed E-state index contributed by atoms with van der Waals surface area (Å²) in [6, 6.07) is 4.13. The predicted octanol–water partition coefficient (Wildman–Crippen LogP) is 2.33. The third-order valence-electron chi connectivity index (χ3n) is 4.17. The van der Waals surface area contributed by atoms with Crippen molar-refractivity contribution in [2.24, 2.45) is 5.92 Å². The number of benzene rings is 1. The Morgan fingerprint density at radius 2 is 1.96 bits per heavy atom. The molecule has 1 atom stereocenters. The largest absolute Gasteiger partial charge is 0.416 e. The van der Waals surface area contributed by atoms with Crippen molar-refractivity contribution < 1.29 is 31.1 Å². The molecular formula is C16H21F3N2O4S. The standard InChI is InChI=1S/C16H21F3N2O4S/c1-25-9-10-26(23,24)21-8-2-3-12(11-21)15(22)20-14-6-4-13(5-7-14)16(17,18)19/h4-7,12H,2-3,8-11H2,1H3,(H,20,22). The molecule has 1 aliphatic rings. The summed E-state index contributed by atoms with van der Waals surface area (Å²) in [5.74, 6) is -1.11. The fourth-order valence-corrected chi connectivity index (χ4v) is 4.16. The van der Waals surface area contributed by atoms with Crippen molar-refractivity contribution >= 4 is 21.6 Å². The number of amides is 1. The molecule has 0 spiro atoms. The Morgan fingerprint density at radius 3 is 2.54 bits per heavy atom. The number of piperidine rings is 1. The first-order valence-electron chi connectivity index (χ1n) is 8.08. The molecule has 0 aliphatic carbocycles. The van der Waals surface area contributed by atoms with Gasteiger partial charge in [-0.2, -0.15) is 13.2 Å². The molecule has 0 radical (unpaired) electrons. The van der Waals surface area contributed by atoms with Crippen molar-refractivity contribution in [1.29, 1.82) is 0 Å². The number of halogens is 3. The van der Waals surface area contributed by atoms with Crippen molar-refractivity contribution in [3.8, 4) is 0 Å². The summed E-state index contributed by atoms with van der Waals surface area (Å²) < 4.78 is 68.2. The monoisotopic (exact) mass is 394 g/mol. The quantitative estimate of drug-likeness (QED) is 0.804. The van der Waals surface area contributed by atoms with E-state index in [1.165, 1.54) is 23.5 Å². The topological polar surface area (TPSA) is 75.7 Å². The third kappa shape index (κ3) is 5.42. The van der Waals surface area contributed by atoms with Gasteiger partial charge in [-0.25, -0.2) is 12.7 Å². The molecule has 146 valence electrons. The van der Waals surface area contributed by atoms with Crippen LogP contribution in [0.3, 0.4) is 0 Å². The van der Waals surface area contributed by atoms with E-state index in [0.717, 1.165) is 12.1 Å². The number of ether oxygens (including phenoxy) is 1. The van der Waals surface area contributed by atoms with E-state index in [1.54, 1.807) is 0 Å². The van der Waals surface area contributed by atoms with Crippen LogP contribution >= 0.6 is 0 Å². The Kier molecular flexibility index (Phi) is 6.64. The molecule has 2 rings (SSSR count). The second-order valence-corrected chi connectivity index (χ2v) is 8.16. The normalized spacial score (nSPS) is 19.3. The SMILES string of the molecule is COCCS(=O)(=O)N1CCCC(C(=O)Nc2ccc(C(F)(F)F)cc2)C1. The zero-order valence-electron chi connectivity index (χ0n) is 14.3. The van der Waals surface area contributed by atoms with E-state index < -0.39 is 33.6 Å². The zero-order chi connectivity index (χ0) is 19.4. The smallest absolute Gasteiger partial charge is 0.384 e. The van der Waals surface area contributed by atoms with Gasteiger partial charge < -0.3 is 10.1 Å². The summed E-state index contributed by atoms with van der Waals surface area (Å²) in [4.78, 5) is 12.4. The van der Waals surface area contributed by atoms with Crippen LogP contribution in [0.1, 0.15) is 18.4 Å². The molecule has 0 bridgehead atoms. The molecule has 1 N–H and O–H groups in total. The van der Waals surface area contributed by atoms with Gasteiger partial charge in [0, 0.05) is 25.9 Å². The van der Waals surface area contributed by atoms with Crippen LogP contribution in [-0.4, -0.2) is 51.2 Å². The van der Waals surface area contributed by atoms with Gasteiger partial charge in [-0.15, -0.1) is 0 Å². The molecule has 1 aliphatic heterocycles. The second kappa shape index (κ2) is 8.36. The highest BCUT2D eigenvalue weighted by molar-refractivity contribution is 7.89. The summed E-state index contributed by atoms with van der Waals surface area (Å²) in [5.41, 5.74) is -0.564. The number of rotatable bonds is 6. The lowest BCUT2D eigenvalue weighted by Gasteiger charge is -2.31. The lowest BCUT2D eigenvalue weighted by molar-refractivity contribution is -0.137. The van der Waals surface area contributed by atoms with E-state index in [9.17, 15) is 26.4 Å². The van der Waals surface area contributed by atoms with Crippen molar-refractivity contribution in [1.82, 2.24) is 4.31 Å². The number of hydrogen-bond donors (Lipinski definition) is 1. The number of alkyl halides is 3. The molecule has 1 amide bonds. The highest BCUT2D eigenvalue weighted by Gasteiger charge is 2.33. The van der Waals surface area contributed by atoms with Crippen molar-refractivity contribution in [2.75, 3.05) is 37.9 Å². The maximum atomic E-state index is 12.6. The number of methoxy groups -OCH3 is 1. The number of sulfonamides is 1. The van der Waals surface area contributed by atoms with Gasteiger partial charge in [0.25, 0.3) is 0 Å². The first-order chi connectivity index (χ1) is 12.1. The molecule has 1 heterocycles. The molecule has 6 nitrogen and oxygen atoms in total. The molecule has 1 fully saturated rings. The first-order valence-corrected chi connectivity index (χ1v) is 9.69. The number of hydrogen-bond acceptors (Lipinski definition) is 4. The molecular weight excluding hydrogens is 373 g/mol. The fourth-order valence-electron chi connectivity index (χ4n) is 2.71. The minimum atomic E-state index is -4.44. The number of nitrogens with one attached hydrogen (secondary N) is 1. The average Bonchev–Trinajstić information content (AvgIpc) is 2.60. The summed E-state index contributed by atoms with van der Waals surface area (Å²) in [5, 5.41) is 2.55. The van der Waals surface area contributed by atoms with E-state index in [4.69, 9.17) is 4.74 Å². The van der Waals surface area contributed by atoms with E-state index >= 15 is 0 Å². The lowest BCUT2D eigenvalue weighted by atomic mass is 9.98. The molecule has 10 heteroatoms. The lowest BCUT2D eigenvalue weighted by Crippen LogP contribution is -2.45. The van der Waals surface area contributed by atoms with Gasteiger partial charge in [-0.1, -0.05) is 0 Å². The molecule has 0 saturated carbocycles. The van der Waals surface area contributed by atoms with Gasteiger partial charge in [-0.3, -0.25) is 4.79 Å². The Labute approximate surface area is 150 Å². The molecule has 0 aromatic heterocycles. The van der Waals surface area contributed by atoms with Gasteiger partial charge in [-0.05, 0) is 37.1 Å².